The van der Waals surface area contributed by atoms with E-state index in [4.69, 9.17) is 0 Å². The van der Waals surface area contributed by atoms with Gasteiger partial charge in [0.2, 0.25) is 10.0 Å². The molecule has 2 aromatic rings. The zero-order chi connectivity index (χ0) is 24.7. The molecule has 1 aromatic carbocycles. The molecule has 10 heteroatoms. The number of carbonyl (C=O) groups is 2. The highest BCUT2D eigenvalue weighted by Gasteiger charge is 2.26. The number of piperidine rings is 1. The molecule has 0 atom stereocenters. The van der Waals surface area contributed by atoms with Crippen molar-refractivity contribution in [2.45, 2.75) is 36.6 Å². The Labute approximate surface area is 206 Å². The van der Waals surface area contributed by atoms with Crippen molar-refractivity contribution in [1.82, 2.24) is 19.5 Å². The number of benzene rings is 1. The van der Waals surface area contributed by atoms with Crippen LogP contribution in [0.1, 0.15) is 47.4 Å². The molecule has 2 heterocycles. The number of amides is 2. The number of sulfonamides is 1. The number of aromatic nitrogens is 1. The molecule has 1 fully saturated rings. The highest BCUT2D eigenvalue weighted by Crippen LogP contribution is 2.23. The maximum Gasteiger partial charge on any atom is 0.256 e. The normalized spacial score (nSPS) is 14.9. The van der Waals surface area contributed by atoms with E-state index in [0.717, 1.165) is 17.9 Å². The minimum Gasteiger partial charge on any atom is -0.352 e. The lowest BCUT2D eigenvalue weighted by molar-refractivity contribution is 0.0680. The number of carbonyl (C=O) groups excluding carboxylic acids is 2. The monoisotopic (exact) mass is 504 g/mol. The Morgan fingerprint density at radius 3 is 2.35 bits per heavy atom. The number of hydrogen-bond donors (Lipinski definition) is 1. The van der Waals surface area contributed by atoms with Gasteiger partial charge in [0.25, 0.3) is 11.8 Å². The summed E-state index contributed by atoms with van der Waals surface area (Å²) in [7, 11) is -3.55. The number of thioether (sulfide) groups is 1. The van der Waals surface area contributed by atoms with Gasteiger partial charge in [-0.3, -0.25) is 9.59 Å². The molecular formula is C24H32N4O4S2. The molecule has 184 valence electrons. The van der Waals surface area contributed by atoms with Gasteiger partial charge in [-0.05, 0) is 61.4 Å². The van der Waals surface area contributed by atoms with Crippen LogP contribution in [0, 0.1) is 5.92 Å². The molecule has 8 nitrogen and oxygen atoms in total. The fraction of sp³-hybridized carbons (Fsp3) is 0.458. The molecule has 1 aliphatic rings. The van der Waals surface area contributed by atoms with E-state index in [9.17, 15) is 18.0 Å². The summed E-state index contributed by atoms with van der Waals surface area (Å²) in [4.78, 5) is 31.8. The molecule has 1 aromatic heterocycles. The summed E-state index contributed by atoms with van der Waals surface area (Å²) in [6, 6.07) is 9.64. The van der Waals surface area contributed by atoms with Gasteiger partial charge >= 0.3 is 0 Å². The zero-order valence-electron chi connectivity index (χ0n) is 19.9. The first-order valence-electron chi connectivity index (χ1n) is 11.5. The molecule has 34 heavy (non-hydrogen) atoms. The van der Waals surface area contributed by atoms with Gasteiger partial charge in [-0.15, -0.1) is 11.8 Å². The summed E-state index contributed by atoms with van der Waals surface area (Å²) in [6.07, 6.45) is 5.21. The van der Waals surface area contributed by atoms with Crippen molar-refractivity contribution in [2.75, 3.05) is 39.0 Å². The zero-order valence-corrected chi connectivity index (χ0v) is 21.5. The van der Waals surface area contributed by atoms with E-state index >= 15 is 0 Å². The fourth-order valence-electron chi connectivity index (χ4n) is 4.06. The van der Waals surface area contributed by atoms with Crippen LogP contribution in [0.5, 0.6) is 0 Å². The van der Waals surface area contributed by atoms with Crippen molar-refractivity contribution in [1.29, 1.82) is 0 Å². The Morgan fingerprint density at radius 2 is 1.76 bits per heavy atom. The molecule has 0 radical (unpaired) electrons. The molecule has 1 N–H and O–H groups in total. The highest BCUT2D eigenvalue weighted by atomic mass is 32.2. The predicted molar refractivity (Wildman–Crippen MR) is 134 cm³/mol. The largest absolute Gasteiger partial charge is 0.352 e. The van der Waals surface area contributed by atoms with Gasteiger partial charge in [0, 0.05) is 44.5 Å². The smallest absolute Gasteiger partial charge is 0.256 e. The first-order valence-corrected chi connectivity index (χ1v) is 14.1. The van der Waals surface area contributed by atoms with E-state index in [-0.39, 0.29) is 22.6 Å². The topological polar surface area (TPSA) is 99.7 Å². The Bertz CT molecular complexity index is 1090. The van der Waals surface area contributed by atoms with Crippen molar-refractivity contribution in [2.24, 2.45) is 5.92 Å². The quantitative estimate of drug-likeness (QED) is 0.527. The van der Waals surface area contributed by atoms with Crippen LogP contribution in [-0.2, 0) is 10.0 Å². The van der Waals surface area contributed by atoms with Crippen LogP contribution in [0.25, 0.3) is 0 Å². The van der Waals surface area contributed by atoms with E-state index in [2.05, 4.69) is 10.3 Å². The third-order valence-corrected chi connectivity index (χ3v) is 8.88. The van der Waals surface area contributed by atoms with E-state index in [0.29, 0.717) is 43.9 Å². The van der Waals surface area contributed by atoms with Gasteiger partial charge in [-0.2, -0.15) is 4.31 Å². The average Bonchev–Trinajstić information content (AvgIpc) is 2.87. The van der Waals surface area contributed by atoms with Crippen LogP contribution in [0.3, 0.4) is 0 Å². The fourth-order valence-corrected chi connectivity index (χ4v) is 6.06. The lowest BCUT2D eigenvalue weighted by Gasteiger charge is -2.32. The minimum atomic E-state index is -3.55. The summed E-state index contributed by atoms with van der Waals surface area (Å²) in [6.45, 7) is 6.18. The second kappa shape index (κ2) is 11.8. The summed E-state index contributed by atoms with van der Waals surface area (Å²) >= 11 is 1.46. The molecule has 1 saturated heterocycles. The van der Waals surface area contributed by atoms with E-state index in [1.165, 1.54) is 28.2 Å². The first kappa shape index (κ1) is 26.2. The molecule has 0 aliphatic carbocycles. The lowest BCUT2D eigenvalue weighted by Crippen LogP contribution is -2.41. The van der Waals surface area contributed by atoms with Gasteiger partial charge in [0.15, 0.2) is 0 Å². The second-order valence-electron chi connectivity index (χ2n) is 8.12. The van der Waals surface area contributed by atoms with Crippen molar-refractivity contribution in [3.8, 4) is 0 Å². The molecule has 0 bridgehead atoms. The van der Waals surface area contributed by atoms with Crippen LogP contribution in [0.15, 0.2) is 52.5 Å². The number of rotatable bonds is 9. The standard InChI is InChI=1S/C24H32N4O4S2/c1-4-28(5-2)34(31,32)20-10-8-19(9-11-20)22(29)26-17-18-12-15-27(16-13-18)24(30)21-7-6-14-25-23(21)33-3/h6-11,14,18H,4-5,12-13,15-17H2,1-3H3,(H,26,29). The molecule has 0 spiro atoms. The van der Waals surface area contributed by atoms with Gasteiger partial charge < -0.3 is 10.2 Å². The molecule has 3 rings (SSSR count). The predicted octanol–water partition coefficient (Wildman–Crippen LogP) is 3.12. The van der Waals surface area contributed by atoms with Crippen LogP contribution in [0.4, 0.5) is 0 Å². The summed E-state index contributed by atoms with van der Waals surface area (Å²) in [5, 5.41) is 3.68. The second-order valence-corrected chi connectivity index (χ2v) is 10.9. The Kier molecular flexibility index (Phi) is 9.10. The van der Waals surface area contributed by atoms with Crippen molar-refractivity contribution >= 4 is 33.6 Å². The van der Waals surface area contributed by atoms with Crippen LogP contribution >= 0.6 is 11.8 Å². The molecule has 1 aliphatic heterocycles. The van der Waals surface area contributed by atoms with E-state index < -0.39 is 10.0 Å². The number of pyridine rings is 1. The Hall–Kier alpha value is -2.43. The summed E-state index contributed by atoms with van der Waals surface area (Å²) < 4.78 is 26.6. The number of nitrogens with one attached hydrogen (secondary N) is 1. The van der Waals surface area contributed by atoms with Crippen LogP contribution < -0.4 is 5.32 Å². The van der Waals surface area contributed by atoms with Gasteiger partial charge in [-0.25, -0.2) is 13.4 Å². The molecular weight excluding hydrogens is 472 g/mol. The number of likely N-dealkylation sites (tertiary alicyclic amines) is 1. The van der Waals surface area contributed by atoms with Gasteiger partial charge in [-0.1, -0.05) is 13.8 Å². The maximum absolute atomic E-state index is 12.9. The van der Waals surface area contributed by atoms with Crippen molar-refractivity contribution < 1.29 is 18.0 Å². The molecule has 0 saturated carbocycles. The highest BCUT2D eigenvalue weighted by molar-refractivity contribution is 7.98. The summed E-state index contributed by atoms with van der Waals surface area (Å²) in [5.41, 5.74) is 1.06. The molecule has 2 amide bonds. The third kappa shape index (κ3) is 5.97. The maximum atomic E-state index is 12.9. The lowest BCUT2D eigenvalue weighted by atomic mass is 9.96. The third-order valence-electron chi connectivity index (χ3n) is 6.11. The Morgan fingerprint density at radius 1 is 1.12 bits per heavy atom. The van der Waals surface area contributed by atoms with E-state index in [1.54, 1.807) is 38.2 Å². The van der Waals surface area contributed by atoms with Crippen LogP contribution in [0.2, 0.25) is 0 Å². The number of nitrogens with zero attached hydrogens (tertiary/aromatic N) is 3. The number of hydrogen-bond acceptors (Lipinski definition) is 6. The van der Waals surface area contributed by atoms with Crippen LogP contribution in [-0.4, -0.2) is 73.4 Å². The average molecular weight is 505 g/mol. The van der Waals surface area contributed by atoms with Gasteiger partial charge in [0.05, 0.1) is 10.5 Å². The minimum absolute atomic E-state index is 0.000288. The summed E-state index contributed by atoms with van der Waals surface area (Å²) in [5.74, 6) is 0.0502. The Balaban J connectivity index is 1.51. The van der Waals surface area contributed by atoms with Crippen molar-refractivity contribution in [3.63, 3.8) is 0 Å². The SMILES string of the molecule is CCN(CC)S(=O)(=O)c1ccc(C(=O)NCC2CCN(C(=O)c3cccnc3SC)CC2)cc1. The van der Waals surface area contributed by atoms with Gasteiger partial charge in [0.1, 0.15) is 5.03 Å². The first-order chi connectivity index (χ1) is 16.3. The van der Waals surface area contributed by atoms with E-state index in [1.807, 2.05) is 17.2 Å². The molecule has 0 unspecified atom stereocenters. The van der Waals surface area contributed by atoms with Crippen molar-refractivity contribution in [3.05, 3.63) is 53.7 Å².